The molecule has 1 atom stereocenters. The first kappa shape index (κ1) is 15.5. The Balaban J connectivity index is 1.83. The predicted molar refractivity (Wildman–Crippen MR) is 84.5 cm³/mol. The number of nitrogens with one attached hydrogen (secondary N) is 1. The molecule has 1 saturated heterocycles. The first-order chi connectivity index (χ1) is 9.81. The summed E-state index contributed by atoms with van der Waals surface area (Å²) in [6, 6.07) is 4.37. The van der Waals surface area contributed by atoms with Crippen LogP contribution in [0.5, 0.6) is 0 Å². The molecule has 1 aliphatic heterocycles. The molecule has 112 valence electrons. The van der Waals surface area contributed by atoms with Crippen LogP contribution in [0.2, 0.25) is 0 Å². The molecule has 1 aliphatic rings. The van der Waals surface area contributed by atoms with Gasteiger partial charge in [0.25, 0.3) is 0 Å². The van der Waals surface area contributed by atoms with Crippen molar-refractivity contribution in [1.82, 2.24) is 15.2 Å². The van der Waals surface area contributed by atoms with E-state index in [1.54, 1.807) is 0 Å². The van der Waals surface area contributed by atoms with E-state index >= 15 is 0 Å². The lowest BCUT2D eigenvalue weighted by molar-refractivity contribution is 0.268. The van der Waals surface area contributed by atoms with Crippen LogP contribution in [-0.2, 0) is 13.1 Å². The van der Waals surface area contributed by atoms with Crippen LogP contribution < -0.4 is 5.32 Å². The maximum Gasteiger partial charge on any atom is 0.0544 e. The Morgan fingerprint density at radius 1 is 1.30 bits per heavy atom. The minimum atomic E-state index is 0.899. The second-order valence-electron chi connectivity index (χ2n) is 6.05. The molecular weight excluding hydrogens is 246 g/mol. The zero-order valence-corrected chi connectivity index (χ0v) is 13.1. The van der Waals surface area contributed by atoms with E-state index in [0.29, 0.717) is 0 Å². The van der Waals surface area contributed by atoms with Gasteiger partial charge in [-0.15, -0.1) is 0 Å². The summed E-state index contributed by atoms with van der Waals surface area (Å²) < 4.78 is 0. The normalized spacial score (nSPS) is 20.8. The molecule has 0 saturated carbocycles. The lowest BCUT2D eigenvalue weighted by atomic mass is 9.96. The van der Waals surface area contributed by atoms with Gasteiger partial charge in [-0.25, -0.2) is 0 Å². The van der Waals surface area contributed by atoms with E-state index in [1.165, 1.54) is 56.5 Å². The smallest absolute Gasteiger partial charge is 0.0544 e. The monoisotopic (exact) mass is 275 g/mol. The van der Waals surface area contributed by atoms with Gasteiger partial charge >= 0.3 is 0 Å². The lowest BCUT2D eigenvalue weighted by Crippen LogP contribution is -2.24. The minimum absolute atomic E-state index is 0.899. The molecule has 1 N–H and O–H groups in total. The molecule has 3 nitrogen and oxygen atoms in total. The Hall–Kier alpha value is -0.930. The van der Waals surface area contributed by atoms with Gasteiger partial charge in [0.2, 0.25) is 0 Å². The second kappa shape index (κ2) is 8.38. The quantitative estimate of drug-likeness (QED) is 0.864. The molecular formula is C17H29N3. The first-order valence-electron chi connectivity index (χ1n) is 8.12. The number of rotatable bonds is 6. The van der Waals surface area contributed by atoms with Crippen molar-refractivity contribution in [2.24, 2.45) is 5.92 Å². The van der Waals surface area contributed by atoms with Gasteiger partial charge in [0.15, 0.2) is 0 Å². The summed E-state index contributed by atoms with van der Waals surface area (Å²) in [6.07, 6.45) is 8.88. The van der Waals surface area contributed by atoms with Crippen molar-refractivity contribution in [2.45, 2.75) is 52.1 Å². The van der Waals surface area contributed by atoms with Crippen LogP contribution in [0.3, 0.4) is 0 Å². The maximum absolute atomic E-state index is 4.60. The fraction of sp³-hybridized carbons (Fsp3) is 0.706. The van der Waals surface area contributed by atoms with Gasteiger partial charge < -0.3 is 5.32 Å². The van der Waals surface area contributed by atoms with Crippen molar-refractivity contribution < 1.29 is 0 Å². The molecule has 2 rings (SSSR count). The molecule has 0 spiro atoms. The van der Waals surface area contributed by atoms with Crippen LogP contribution in [-0.4, -0.2) is 30.0 Å². The van der Waals surface area contributed by atoms with Crippen LogP contribution in [0, 0.1) is 5.92 Å². The molecule has 0 aromatic carbocycles. The van der Waals surface area contributed by atoms with Crippen LogP contribution in [0.25, 0.3) is 0 Å². The molecule has 3 heteroatoms. The van der Waals surface area contributed by atoms with Crippen molar-refractivity contribution in [3.8, 4) is 0 Å². The molecule has 20 heavy (non-hydrogen) atoms. The number of pyridine rings is 1. The standard InChI is InChI=1S/C17H29N3/c1-3-5-15-6-4-10-20(11-9-15)14-17-8-7-16(12-18-2)13-19-17/h7-8,13,15,18H,3-6,9-12,14H2,1-2H3. The largest absolute Gasteiger partial charge is 0.316 e. The summed E-state index contributed by atoms with van der Waals surface area (Å²) in [5.41, 5.74) is 2.47. The third-order valence-corrected chi connectivity index (χ3v) is 4.29. The van der Waals surface area contributed by atoms with Crippen molar-refractivity contribution in [3.63, 3.8) is 0 Å². The topological polar surface area (TPSA) is 28.2 Å². The van der Waals surface area contributed by atoms with Gasteiger partial charge in [0.1, 0.15) is 0 Å². The number of aromatic nitrogens is 1. The third-order valence-electron chi connectivity index (χ3n) is 4.29. The van der Waals surface area contributed by atoms with Crippen molar-refractivity contribution in [1.29, 1.82) is 0 Å². The highest BCUT2D eigenvalue weighted by molar-refractivity contribution is 5.13. The fourth-order valence-corrected chi connectivity index (χ4v) is 3.17. The molecule has 1 aromatic rings. The molecule has 0 aliphatic carbocycles. The number of hydrogen-bond donors (Lipinski definition) is 1. The highest BCUT2D eigenvalue weighted by atomic mass is 15.1. The van der Waals surface area contributed by atoms with Gasteiger partial charge in [-0.3, -0.25) is 9.88 Å². The van der Waals surface area contributed by atoms with Gasteiger partial charge in [-0.05, 0) is 56.9 Å². The predicted octanol–water partition coefficient (Wildman–Crippen LogP) is 3.20. The van der Waals surface area contributed by atoms with Crippen molar-refractivity contribution >= 4 is 0 Å². The summed E-state index contributed by atoms with van der Waals surface area (Å²) in [5.74, 6) is 0.955. The molecule has 1 fully saturated rings. The van der Waals surface area contributed by atoms with Gasteiger partial charge in [0, 0.05) is 19.3 Å². The van der Waals surface area contributed by atoms with Crippen LogP contribution in [0.1, 0.15) is 50.3 Å². The Labute approximate surface area is 123 Å². The fourth-order valence-electron chi connectivity index (χ4n) is 3.17. The van der Waals surface area contributed by atoms with E-state index in [-0.39, 0.29) is 0 Å². The van der Waals surface area contributed by atoms with Crippen molar-refractivity contribution in [2.75, 3.05) is 20.1 Å². The van der Waals surface area contributed by atoms with Crippen LogP contribution in [0.4, 0.5) is 0 Å². The van der Waals surface area contributed by atoms with Crippen LogP contribution in [0.15, 0.2) is 18.3 Å². The molecule has 2 heterocycles. The maximum atomic E-state index is 4.60. The average Bonchev–Trinajstić information content (AvgIpc) is 2.68. The van der Waals surface area contributed by atoms with E-state index < -0.39 is 0 Å². The third kappa shape index (κ3) is 4.88. The van der Waals surface area contributed by atoms with E-state index in [4.69, 9.17) is 0 Å². The Morgan fingerprint density at radius 2 is 2.20 bits per heavy atom. The number of likely N-dealkylation sites (tertiary alicyclic amines) is 1. The Morgan fingerprint density at radius 3 is 2.90 bits per heavy atom. The molecule has 0 amide bonds. The summed E-state index contributed by atoms with van der Waals surface area (Å²) in [5, 5.41) is 3.16. The van der Waals surface area contributed by atoms with Gasteiger partial charge in [-0.1, -0.05) is 25.8 Å². The summed E-state index contributed by atoms with van der Waals surface area (Å²) in [6.45, 7) is 6.69. The molecule has 1 aromatic heterocycles. The SMILES string of the molecule is CCCC1CCCN(Cc2ccc(CNC)cn2)CC1. The van der Waals surface area contributed by atoms with E-state index in [0.717, 1.165) is 19.0 Å². The Kier molecular flexibility index (Phi) is 6.48. The summed E-state index contributed by atoms with van der Waals surface area (Å²) >= 11 is 0. The minimum Gasteiger partial charge on any atom is -0.316 e. The highest BCUT2D eigenvalue weighted by Gasteiger charge is 2.16. The van der Waals surface area contributed by atoms with E-state index in [1.807, 2.05) is 13.2 Å². The van der Waals surface area contributed by atoms with Crippen LogP contribution >= 0.6 is 0 Å². The first-order valence-corrected chi connectivity index (χ1v) is 8.12. The molecule has 0 radical (unpaired) electrons. The Bertz CT molecular complexity index is 374. The molecule has 0 bridgehead atoms. The zero-order chi connectivity index (χ0) is 14.2. The van der Waals surface area contributed by atoms with E-state index in [9.17, 15) is 0 Å². The van der Waals surface area contributed by atoms with Crippen molar-refractivity contribution in [3.05, 3.63) is 29.6 Å². The molecule has 1 unspecified atom stereocenters. The lowest BCUT2D eigenvalue weighted by Gasteiger charge is -2.19. The zero-order valence-electron chi connectivity index (χ0n) is 13.1. The highest BCUT2D eigenvalue weighted by Crippen LogP contribution is 2.22. The number of nitrogens with zero attached hydrogens (tertiary/aromatic N) is 2. The summed E-state index contributed by atoms with van der Waals surface area (Å²) in [7, 11) is 1.97. The average molecular weight is 275 g/mol. The summed E-state index contributed by atoms with van der Waals surface area (Å²) in [4.78, 5) is 7.17. The second-order valence-corrected chi connectivity index (χ2v) is 6.05. The van der Waals surface area contributed by atoms with E-state index in [2.05, 4.69) is 34.3 Å². The van der Waals surface area contributed by atoms with Gasteiger partial charge in [-0.2, -0.15) is 0 Å². The van der Waals surface area contributed by atoms with Gasteiger partial charge in [0.05, 0.1) is 5.69 Å². The number of hydrogen-bond acceptors (Lipinski definition) is 3.